The van der Waals surface area contributed by atoms with E-state index in [1.54, 1.807) is 12.1 Å². The van der Waals surface area contributed by atoms with Crippen molar-refractivity contribution in [2.24, 2.45) is 0 Å². The highest BCUT2D eigenvalue weighted by molar-refractivity contribution is 5.95. The minimum atomic E-state index is 0.00651. The highest BCUT2D eigenvalue weighted by Gasteiger charge is 2.38. The number of piperidine rings is 1. The van der Waals surface area contributed by atoms with Crippen molar-refractivity contribution >= 4 is 5.91 Å². The molecule has 0 saturated carbocycles. The molecule has 2 aromatic carbocycles. The van der Waals surface area contributed by atoms with Gasteiger partial charge >= 0.3 is 0 Å². The summed E-state index contributed by atoms with van der Waals surface area (Å²) < 4.78 is 5.08. The quantitative estimate of drug-likeness (QED) is 0.908. The zero-order valence-corrected chi connectivity index (χ0v) is 14.4. The molecule has 2 aliphatic rings. The Labute approximate surface area is 148 Å². The second-order valence-electron chi connectivity index (χ2n) is 6.94. The van der Waals surface area contributed by atoms with Gasteiger partial charge < -0.3 is 14.7 Å². The molecule has 4 heteroatoms. The second kappa shape index (κ2) is 6.43. The third-order valence-electron chi connectivity index (χ3n) is 5.63. The normalized spacial score (nSPS) is 22.0. The Morgan fingerprint density at radius 2 is 2.04 bits per heavy atom. The van der Waals surface area contributed by atoms with Crippen molar-refractivity contribution in [2.45, 2.75) is 37.6 Å². The first-order valence-corrected chi connectivity index (χ1v) is 8.95. The number of phenolic OH excluding ortho intramolecular Hbond substituents is 1. The lowest BCUT2D eigenvalue weighted by Crippen LogP contribution is -2.49. The van der Waals surface area contributed by atoms with Gasteiger partial charge in [-0.3, -0.25) is 4.79 Å². The fourth-order valence-electron chi connectivity index (χ4n) is 4.44. The summed E-state index contributed by atoms with van der Waals surface area (Å²) in [5, 5.41) is 10.0. The molecule has 1 aliphatic carbocycles. The maximum Gasteiger partial charge on any atom is 0.254 e. The van der Waals surface area contributed by atoms with Crippen LogP contribution in [0.15, 0.2) is 42.5 Å². The van der Waals surface area contributed by atoms with E-state index >= 15 is 0 Å². The number of nitrogens with zero attached hydrogens (tertiary/aromatic N) is 1. The monoisotopic (exact) mass is 337 g/mol. The number of phenols is 1. The molecule has 0 spiro atoms. The largest absolute Gasteiger partial charge is 0.504 e. The molecule has 1 fully saturated rings. The van der Waals surface area contributed by atoms with Crippen molar-refractivity contribution in [2.75, 3.05) is 13.7 Å². The van der Waals surface area contributed by atoms with E-state index in [0.29, 0.717) is 17.2 Å². The third kappa shape index (κ3) is 2.76. The number of likely N-dealkylation sites (tertiary alicyclic amines) is 1. The highest BCUT2D eigenvalue weighted by Crippen LogP contribution is 2.41. The first-order chi connectivity index (χ1) is 12.2. The fourth-order valence-corrected chi connectivity index (χ4v) is 4.44. The van der Waals surface area contributed by atoms with Crippen LogP contribution in [0, 0.1) is 0 Å². The highest BCUT2D eigenvalue weighted by atomic mass is 16.5. The Morgan fingerprint density at radius 3 is 2.84 bits per heavy atom. The van der Waals surface area contributed by atoms with E-state index in [4.69, 9.17) is 4.74 Å². The third-order valence-corrected chi connectivity index (χ3v) is 5.63. The van der Waals surface area contributed by atoms with Crippen molar-refractivity contribution in [1.82, 2.24) is 4.90 Å². The van der Waals surface area contributed by atoms with E-state index in [9.17, 15) is 9.90 Å². The summed E-state index contributed by atoms with van der Waals surface area (Å²) in [4.78, 5) is 15.1. The predicted octanol–water partition coefficient (Wildman–Crippen LogP) is 3.74. The molecule has 4 rings (SSSR count). The van der Waals surface area contributed by atoms with E-state index in [2.05, 4.69) is 24.3 Å². The van der Waals surface area contributed by atoms with Crippen molar-refractivity contribution in [1.29, 1.82) is 0 Å². The van der Waals surface area contributed by atoms with Gasteiger partial charge in [0.25, 0.3) is 5.91 Å². The van der Waals surface area contributed by atoms with Gasteiger partial charge in [0.2, 0.25) is 0 Å². The summed E-state index contributed by atoms with van der Waals surface area (Å²) in [6.07, 6.45) is 4.19. The predicted molar refractivity (Wildman–Crippen MR) is 96.2 cm³/mol. The van der Waals surface area contributed by atoms with Gasteiger partial charge in [-0.25, -0.2) is 0 Å². The molecule has 4 nitrogen and oxygen atoms in total. The summed E-state index contributed by atoms with van der Waals surface area (Å²) >= 11 is 0. The number of ether oxygens (including phenoxy) is 1. The van der Waals surface area contributed by atoms with E-state index in [1.165, 1.54) is 24.3 Å². The van der Waals surface area contributed by atoms with Crippen LogP contribution in [-0.4, -0.2) is 35.6 Å². The van der Waals surface area contributed by atoms with Gasteiger partial charge in [-0.05, 0) is 55.0 Å². The Balaban J connectivity index is 1.63. The van der Waals surface area contributed by atoms with Crippen LogP contribution >= 0.6 is 0 Å². The summed E-state index contributed by atoms with van der Waals surface area (Å²) in [6.45, 7) is 0.787. The number of hydrogen-bond donors (Lipinski definition) is 1. The number of rotatable bonds is 2. The zero-order chi connectivity index (χ0) is 17.4. The van der Waals surface area contributed by atoms with Crippen LogP contribution in [-0.2, 0) is 6.42 Å². The number of aromatic hydroxyl groups is 1. The zero-order valence-electron chi connectivity index (χ0n) is 14.4. The molecular formula is C21H23NO3. The lowest BCUT2D eigenvalue weighted by Gasteiger charge is -2.45. The molecule has 1 aliphatic heterocycles. The summed E-state index contributed by atoms with van der Waals surface area (Å²) in [5.74, 6) is 0.831. The maximum absolute atomic E-state index is 13.1. The number of methoxy groups -OCH3 is 1. The SMILES string of the molecule is COc1ccc(C(=O)N2CCCC3c4ccccc4CCC32)cc1O. The average molecular weight is 337 g/mol. The number of amides is 1. The van der Waals surface area contributed by atoms with E-state index in [0.717, 1.165) is 32.2 Å². The van der Waals surface area contributed by atoms with Crippen LogP contribution in [0.2, 0.25) is 0 Å². The molecule has 2 aromatic rings. The Bertz CT molecular complexity index is 801. The summed E-state index contributed by atoms with van der Waals surface area (Å²) in [6, 6.07) is 13.8. The van der Waals surface area contributed by atoms with Gasteiger partial charge in [0.1, 0.15) is 0 Å². The van der Waals surface area contributed by atoms with E-state index < -0.39 is 0 Å². The van der Waals surface area contributed by atoms with Gasteiger partial charge in [-0.15, -0.1) is 0 Å². The van der Waals surface area contributed by atoms with Crippen molar-refractivity contribution in [3.8, 4) is 11.5 Å². The van der Waals surface area contributed by atoms with Crippen LogP contribution in [0.3, 0.4) is 0 Å². The molecule has 1 saturated heterocycles. The molecule has 1 amide bonds. The van der Waals surface area contributed by atoms with Crippen LogP contribution in [0.25, 0.3) is 0 Å². The van der Waals surface area contributed by atoms with Crippen LogP contribution in [0.4, 0.5) is 0 Å². The molecule has 0 aromatic heterocycles. The van der Waals surface area contributed by atoms with E-state index in [1.807, 2.05) is 4.90 Å². The lowest BCUT2D eigenvalue weighted by atomic mass is 9.74. The molecule has 1 heterocycles. The standard InChI is InChI=1S/C21H23NO3/c1-25-20-11-9-15(13-19(20)23)21(24)22-12-4-7-17-16-6-3-2-5-14(16)8-10-18(17)22/h2-3,5-6,9,11,13,17-18,23H,4,7-8,10,12H2,1H3. The second-order valence-corrected chi connectivity index (χ2v) is 6.94. The van der Waals surface area contributed by atoms with Crippen molar-refractivity contribution in [3.63, 3.8) is 0 Å². The van der Waals surface area contributed by atoms with Crippen molar-refractivity contribution in [3.05, 3.63) is 59.2 Å². The smallest absolute Gasteiger partial charge is 0.254 e. The van der Waals surface area contributed by atoms with Gasteiger partial charge in [0, 0.05) is 24.1 Å². The lowest BCUT2D eigenvalue weighted by molar-refractivity contribution is 0.0546. The van der Waals surface area contributed by atoms with Gasteiger partial charge in [-0.2, -0.15) is 0 Å². The molecular weight excluding hydrogens is 314 g/mol. The average Bonchev–Trinajstić information content (AvgIpc) is 2.66. The molecule has 2 atom stereocenters. The first kappa shape index (κ1) is 16.0. The van der Waals surface area contributed by atoms with Gasteiger partial charge in [0.05, 0.1) is 7.11 Å². The van der Waals surface area contributed by atoms with Crippen molar-refractivity contribution < 1.29 is 14.6 Å². The number of carbonyl (C=O) groups is 1. The molecule has 25 heavy (non-hydrogen) atoms. The number of carbonyl (C=O) groups excluding carboxylic acids is 1. The maximum atomic E-state index is 13.1. The minimum Gasteiger partial charge on any atom is -0.504 e. The van der Waals surface area contributed by atoms with Crippen LogP contribution < -0.4 is 4.74 Å². The first-order valence-electron chi connectivity index (χ1n) is 8.95. The minimum absolute atomic E-state index is 0.00651. The van der Waals surface area contributed by atoms with Crippen LogP contribution in [0.5, 0.6) is 11.5 Å². The van der Waals surface area contributed by atoms with E-state index in [-0.39, 0.29) is 17.7 Å². The number of fused-ring (bicyclic) bond motifs is 3. The Morgan fingerprint density at radius 1 is 1.20 bits per heavy atom. The van der Waals surface area contributed by atoms with Gasteiger partial charge in [0.15, 0.2) is 11.5 Å². The fraction of sp³-hybridized carbons (Fsp3) is 0.381. The molecule has 2 unspecified atom stereocenters. The Hall–Kier alpha value is -2.49. The summed E-state index contributed by atoms with van der Waals surface area (Å²) in [5.41, 5.74) is 3.37. The molecule has 0 radical (unpaired) electrons. The molecule has 130 valence electrons. The molecule has 0 bridgehead atoms. The Kier molecular flexibility index (Phi) is 4.12. The van der Waals surface area contributed by atoms with Crippen LogP contribution in [0.1, 0.15) is 46.7 Å². The molecule has 1 N–H and O–H groups in total. The summed E-state index contributed by atoms with van der Waals surface area (Å²) in [7, 11) is 1.51. The number of hydrogen-bond acceptors (Lipinski definition) is 3. The van der Waals surface area contributed by atoms with Gasteiger partial charge in [-0.1, -0.05) is 24.3 Å². The number of benzene rings is 2. The topological polar surface area (TPSA) is 49.8 Å². The number of aryl methyl sites for hydroxylation is 1.